The second-order valence-corrected chi connectivity index (χ2v) is 20.6. The summed E-state index contributed by atoms with van der Waals surface area (Å²) in [6.45, 7) is 15.1. The van der Waals surface area contributed by atoms with Gasteiger partial charge >= 0.3 is 12.0 Å². The number of nitrogens with zero attached hydrogens (tertiary/aromatic N) is 5. The summed E-state index contributed by atoms with van der Waals surface area (Å²) in [5, 5.41) is 8.77. The van der Waals surface area contributed by atoms with Gasteiger partial charge in [0.2, 0.25) is 0 Å². The van der Waals surface area contributed by atoms with E-state index in [4.69, 9.17) is 30.3 Å². The second-order valence-electron chi connectivity index (χ2n) is 19.5. The van der Waals surface area contributed by atoms with Gasteiger partial charge in [0.05, 0.1) is 34.3 Å². The fraction of sp³-hybridized carbons (Fsp3) is 0.500. The Morgan fingerprint density at radius 1 is 0.966 bits per heavy atom. The summed E-state index contributed by atoms with van der Waals surface area (Å²) in [5.74, 6) is -0.457. The van der Waals surface area contributed by atoms with Gasteiger partial charge in [-0.15, -0.1) is 0 Å². The summed E-state index contributed by atoms with van der Waals surface area (Å²) < 4.78 is 15.6. The maximum atomic E-state index is 14.4. The zero-order chi connectivity index (χ0) is 40.7. The average Bonchev–Trinajstić information content (AvgIpc) is 3.72. The number of hydrogen-bond donors (Lipinski definition) is 2. The first kappa shape index (κ1) is 38.8. The lowest BCUT2D eigenvalue weighted by Gasteiger charge is -2.69. The number of fused-ring (bicyclic) bond motifs is 2. The number of carbonyl (C=O) groups is 2. The van der Waals surface area contributed by atoms with E-state index in [2.05, 4.69) is 36.8 Å². The van der Waals surface area contributed by atoms with E-state index in [0.717, 1.165) is 70.5 Å². The predicted octanol–water partition coefficient (Wildman–Crippen LogP) is 9.29. The molecule has 5 aromatic rings. The first-order chi connectivity index (χ1) is 27.5. The third-order valence-corrected chi connectivity index (χ3v) is 13.8. The maximum absolute atomic E-state index is 14.4. The van der Waals surface area contributed by atoms with Gasteiger partial charge in [-0.25, -0.2) is 19.6 Å². The number of thiazole rings is 1. The van der Waals surface area contributed by atoms with Gasteiger partial charge in [-0.1, -0.05) is 55.5 Å². The fourth-order valence-electron chi connectivity index (χ4n) is 12.1. The van der Waals surface area contributed by atoms with Crippen molar-refractivity contribution in [3.05, 3.63) is 89.4 Å². The van der Waals surface area contributed by atoms with Gasteiger partial charge in [0, 0.05) is 42.5 Å². The molecule has 3 aromatic heterocycles. The average molecular weight is 802 g/mol. The van der Waals surface area contributed by atoms with Crippen LogP contribution < -0.4 is 16.0 Å². The third-order valence-electron chi connectivity index (χ3n) is 12.9. The van der Waals surface area contributed by atoms with Crippen LogP contribution >= 0.6 is 11.3 Å². The number of pyridine rings is 1. The van der Waals surface area contributed by atoms with Gasteiger partial charge in [-0.3, -0.25) is 14.9 Å². The quantitative estimate of drug-likeness (QED) is 0.141. The van der Waals surface area contributed by atoms with Crippen molar-refractivity contribution in [1.29, 1.82) is 0 Å². The van der Waals surface area contributed by atoms with Crippen LogP contribution in [0.4, 0.5) is 15.6 Å². The Balaban J connectivity index is 1.03. The van der Waals surface area contributed by atoms with Crippen LogP contribution in [0.1, 0.15) is 106 Å². The van der Waals surface area contributed by atoms with Gasteiger partial charge in [0.1, 0.15) is 11.3 Å². The molecule has 12 heteroatoms. The molecule has 10 rings (SSSR count). The number of para-hydroxylation sites is 1. The zero-order valence-electron chi connectivity index (χ0n) is 34.6. The smallest absolute Gasteiger partial charge is 0.357 e. The topological polar surface area (TPSA) is 137 Å². The zero-order valence-corrected chi connectivity index (χ0v) is 35.4. The first-order valence-corrected chi connectivity index (χ1v) is 21.5. The van der Waals surface area contributed by atoms with Crippen molar-refractivity contribution in [2.75, 3.05) is 29.9 Å². The van der Waals surface area contributed by atoms with Crippen LogP contribution in [-0.2, 0) is 22.4 Å². The van der Waals surface area contributed by atoms with E-state index in [1.54, 1.807) is 6.07 Å². The lowest BCUT2D eigenvalue weighted by Crippen LogP contribution is -2.64. The molecule has 5 aliphatic rings. The minimum atomic E-state index is -0.642. The number of urea groups is 1. The highest BCUT2D eigenvalue weighted by Crippen LogP contribution is 2.72. The Morgan fingerprint density at radius 3 is 2.48 bits per heavy atom. The Morgan fingerprint density at radius 2 is 1.74 bits per heavy atom. The Labute approximate surface area is 344 Å². The van der Waals surface area contributed by atoms with Crippen molar-refractivity contribution in [2.24, 2.45) is 22.0 Å². The molecule has 4 heterocycles. The molecule has 3 atom stereocenters. The summed E-state index contributed by atoms with van der Waals surface area (Å²) in [4.78, 5) is 38.6. The minimum absolute atomic E-state index is 0.0208. The Hall–Kier alpha value is -4.65. The number of benzene rings is 2. The van der Waals surface area contributed by atoms with Gasteiger partial charge in [0.25, 0.3) is 0 Å². The van der Waals surface area contributed by atoms with E-state index >= 15 is 0 Å². The molecular weight excluding hydrogens is 747 g/mol. The SMILES string of the molecule is Cc1c(C2Cc3ccc(-c4cccc(C(=O)OC(C)(C)C)n4)cc3N(C(=O)Nc3nc4ccccc4s3)C2)cnn1CC12CC3(C)CC(C)(C1)CC(OCCN)(C3)C2. The Kier molecular flexibility index (Phi) is 9.37. The molecular formula is C46H55N7O4S. The minimum Gasteiger partial charge on any atom is -0.455 e. The van der Waals surface area contributed by atoms with E-state index in [-0.39, 0.29) is 39.5 Å². The van der Waals surface area contributed by atoms with Crippen LogP contribution in [0.2, 0.25) is 0 Å². The van der Waals surface area contributed by atoms with Crippen molar-refractivity contribution < 1.29 is 19.1 Å². The highest BCUT2D eigenvalue weighted by Gasteiger charge is 2.66. The van der Waals surface area contributed by atoms with E-state index in [0.29, 0.717) is 30.5 Å². The van der Waals surface area contributed by atoms with Crippen molar-refractivity contribution in [1.82, 2.24) is 19.7 Å². The Bertz CT molecular complexity index is 2360. The highest BCUT2D eigenvalue weighted by molar-refractivity contribution is 7.22. The number of aromatic nitrogens is 4. The van der Waals surface area contributed by atoms with Crippen LogP contribution in [-0.4, -0.2) is 62.6 Å². The second kappa shape index (κ2) is 14.0. The number of nitrogens with two attached hydrogens (primary N) is 1. The molecule has 4 bridgehead atoms. The van der Waals surface area contributed by atoms with Gasteiger partial charge in [-0.05, 0) is 130 Å². The number of rotatable bonds is 9. The molecule has 1 aliphatic heterocycles. The fourth-order valence-corrected chi connectivity index (χ4v) is 12.9. The molecule has 0 spiro atoms. The molecule has 0 radical (unpaired) electrons. The largest absolute Gasteiger partial charge is 0.455 e. The third kappa shape index (κ3) is 7.32. The van der Waals surface area contributed by atoms with Gasteiger partial charge in [-0.2, -0.15) is 5.10 Å². The number of esters is 1. The molecule has 304 valence electrons. The summed E-state index contributed by atoms with van der Waals surface area (Å²) in [5.41, 5.74) is 12.5. The summed E-state index contributed by atoms with van der Waals surface area (Å²) in [7, 11) is 0. The molecule has 3 N–H and O–H groups in total. The van der Waals surface area contributed by atoms with E-state index in [1.165, 1.54) is 30.6 Å². The number of hydrogen-bond acceptors (Lipinski definition) is 9. The molecule has 58 heavy (non-hydrogen) atoms. The summed E-state index contributed by atoms with van der Waals surface area (Å²) >= 11 is 1.46. The predicted molar refractivity (Wildman–Crippen MR) is 228 cm³/mol. The van der Waals surface area contributed by atoms with Crippen LogP contribution in [0.3, 0.4) is 0 Å². The van der Waals surface area contributed by atoms with E-state index < -0.39 is 11.6 Å². The van der Waals surface area contributed by atoms with Crippen LogP contribution in [0.25, 0.3) is 21.5 Å². The monoisotopic (exact) mass is 801 g/mol. The van der Waals surface area contributed by atoms with Gasteiger partial charge in [0.15, 0.2) is 5.13 Å². The normalized spacial score (nSPS) is 27.5. The number of amides is 2. The lowest BCUT2D eigenvalue weighted by molar-refractivity contribution is -0.247. The molecule has 2 amide bonds. The van der Waals surface area contributed by atoms with Gasteiger partial charge < -0.3 is 15.2 Å². The number of anilines is 2. The molecule has 4 aliphatic carbocycles. The first-order valence-electron chi connectivity index (χ1n) is 20.7. The molecule has 3 unspecified atom stereocenters. The number of carbonyl (C=O) groups excluding carboxylic acids is 2. The van der Waals surface area contributed by atoms with Crippen molar-refractivity contribution in [3.63, 3.8) is 0 Å². The highest BCUT2D eigenvalue weighted by atomic mass is 32.1. The molecule has 11 nitrogen and oxygen atoms in total. The summed E-state index contributed by atoms with van der Waals surface area (Å²) in [6, 6.07) is 19.1. The van der Waals surface area contributed by atoms with Crippen molar-refractivity contribution >= 4 is 44.4 Å². The number of ether oxygens (including phenoxy) is 2. The van der Waals surface area contributed by atoms with E-state index in [1.807, 2.05) is 80.4 Å². The molecule has 4 fully saturated rings. The van der Waals surface area contributed by atoms with Crippen molar-refractivity contribution in [3.8, 4) is 11.3 Å². The van der Waals surface area contributed by atoms with E-state index in [9.17, 15) is 9.59 Å². The number of nitrogens with one attached hydrogen (secondary N) is 1. The maximum Gasteiger partial charge on any atom is 0.357 e. The molecule has 2 aromatic carbocycles. The van der Waals surface area contributed by atoms with Crippen LogP contribution in [0, 0.1) is 23.2 Å². The van der Waals surface area contributed by atoms with Crippen LogP contribution in [0.5, 0.6) is 0 Å². The van der Waals surface area contributed by atoms with Crippen molar-refractivity contribution in [2.45, 2.75) is 110 Å². The standard InChI is InChI=1S/C46H55N7O4S/c1-29-33(20-48-53(29)28-45-23-43(5)22-44(6,24-45)26-46(25-43,27-45)56-17-16-47)32-18-31-15-14-30(34-11-9-12-36(49-34)39(54)57-42(2,3)4)19-37(31)52(21-32)41(55)51-40-50-35-10-7-8-13-38(35)58-40/h7-15,19-20,32H,16-18,21-28,47H2,1-6H3,(H,50,51,55). The summed E-state index contributed by atoms with van der Waals surface area (Å²) in [6.07, 6.45) is 9.69. The van der Waals surface area contributed by atoms with Crippen LogP contribution in [0.15, 0.2) is 66.9 Å². The molecule has 4 saturated carbocycles. The lowest BCUT2D eigenvalue weighted by atomic mass is 9.39. The molecule has 0 saturated heterocycles.